The third kappa shape index (κ3) is 5.07. The van der Waals surface area contributed by atoms with Gasteiger partial charge in [0.1, 0.15) is 5.75 Å². The van der Waals surface area contributed by atoms with Gasteiger partial charge < -0.3 is 20.5 Å². The van der Waals surface area contributed by atoms with Gasteiger partial charge in [0.05, 0.1) is 23.4 Å². The molecule has 20 heavy (non-hydrogen) atoms. The van der Waals surface area contributed by atoms with Crippen molar-refractivity contribution in [2.24, 2.45) is 0 Å². The summed E-state index contributed by atoms with van der Waals surface area (Å²) in [5, 5.41) is 3.18. The van der Waals surface area contributed by atoms with E-state index in [1.165, 1.54) is 19.2 Å². The molecule has 7 heteroatoms. The lowest BCUT2D eigenvalue weighted by Gasteiger charge is -2.15. The number of nitrogen functional groups attached to an aromatic ring is 1. The van der Waals surface area contributed by atoms with Crippen molar-refractivity contribution in [3.63, 3.8) is 0 Å². The summed E-state index contributed by atoms with van der Waals surface area (Å²) < 4.78 is 10.1. The van der Waals surface area contributed by atoms with Crippen LogP contribution in [-0.4, -0.2) is 32.8 Å². The molecular formula is C13H20Cl2N2O3. The molecule has 3 N–H and O–H groups in total. The number of carbonyl (C=O) groups excluding carboxylic acids is 1. The number of carbonyl (C=O) groups is 1. The lowest BCUT2D eigenvalue weighted by Crippen LogP contribution is -2.33. The number of benzene rings is 1. The molecule has 0 aliphatic heterocycles. The fraction of sp³-hybridized carbons (Fsp3) is 0.462. The average Bonchev–Trinajstić information content (AvgIpc) is 2.38. The van der Waals surface area contributed by atoms with Crippen LogP contribution in [0.5, 0.6) is 5.75 Å². The van der Waals surface area contributed by atoms with Crippen molar-refractivity contribution in [2.45, 2.75) is 19.4 Å². The zero-order chi connectivity index (χ0) is 14.4. The minimum Gasteiger partial charge on any atom is -0.496 e. The van der Waals surface area contributed by atoms with Crippen LogP contribution in [0, 0.1) is 0 Å². The highest BCUT2D eigenvalue weighted by Crippen LogP contribution is 2.28. The van der Waals surface area contributed by atoms with Gasteiger partial charge in [0.15, 0.2) is 0 Å². The minimum atomic E-state index is -0.248. The van der Waals surface area contributed by atoms with Crippen LogP contribution in [-0.2, 0) is 4.74 Å². The zero-order valence-electron chi connectivity index (χ0n) is 11.7. The summed E-state index contributed by atoms with van der Waals surface area (Å²) in [4.78, 5) is 12.1. The van der Waals surface area contributed by atoms with Crippen molar-refractivity contribution in [3.05, 3.63) is 22.7 Å². The first-order chi connectivity index (χ1) is 8.99. The van der Waals surface area contributed by atoms with Gasteiger partial charge in [0.25, 0.3) is 5.91 Å². The van der Waals surface area contributed by atoms with Gasteiger partial charge in [-0.1, -0.05) is 11.6 Å². The van der Waals surface area contributed by atoms with E-state index in [1.54, 1.807) is 7.11 Å². The summed E-state index contributed by atoms with van der Waals surface area (Å²) in [6.07, 6.45) is 0.729. The van der Waals surface area contributed by atoms with Gasteiger partial charge >= 0.3 is 0 Å². The summed E-state index contributed by atoms with van der Waals surface area (Å²) in [6.45, 7) is 2.49. The number of methoxy groups -OCH3 is 2. The SMILES string of the molecule is COCCC(C)NC(=O)c1cc(Cl)c(N)cc1OC.Cl. The Morgan fingerprint density at radius 1 is 1.45 bits per heavy atom. The number of hydrogen-bond acceptors (Lipinski definition) is 4. The lowest BCUT2D eigenvalue weighted by atomic mass is 10.1. The third-order valence-electron chi connectivity index (χ3n) is 2.70. The molecule has 114 valence electrons. The summed E-state index contributed by atoms with van der Waals surface area (Å²) in [5.74, 6) is 0.153. The van der Waals surface area contributed by atoms with Crippen LogP contribution in [0.4, 0.5) is 5.69 Å². The van der Waals surface area contributed by atoms with E-state index in [1.807, 2.05) is 6.92 Å². The van der Waals surface area contributed by atoms with Gasteiger partial charge in [0.2, 0.25) is 0 Å². The largest absolute Gasteiger partial charge is 0.496 e. The second-order valence-corrected chi connectivity index (χ2v) is 4.64. The Balaban J connectivity index is 0.00000361. The van der Waals surface area contributed by atoms with E-state index in [4.69, 9.17) is 26.8 Å². The van der Waals surface area contributed by atoms with Gasteiger partial charge in [-0.3, -0.25) is 4.79 Å². The standard InChI is InChI=1S/C13H19ClN2O3.ClH/c1-8(4-5-18-2)16-13(17)9-6-10(14)11(15)7-12(9)19-3;/h6-8H,4-5,15H2,1-3H3,(H,16,17);1H. The molecular weight excluding hydrogens is 303 g/mol. The molecule has 0 heterocycles. The molecule has 0 bridgehead atoms. The quantitative estimate of drug-likeness (QED) is 0.789. The number of halogens is 2. The minimum absolute atomic E-state index is 0. The van der Waals surface area contributed by atoms with Gasteiger partial charge in [-0.2, -0.15) is 0 Å². The number of rotatable bonds is 6. The van der Waals surface area contributed by atoms with Crippen molar-refractivity contribution in [2.75, 3.05) is 26.6 Å². The van der Waals surface area contributed by atoms with Crippen LogP contribution in [0.15, 0.2) is 12.1 Å². The molecule has 0 aromatic heterocycles. The Bertz CT molecular complexity index is 455. The zero-order valence-corrected chi connectivity index (χ0v) is 13.3. The van der Waals surface area contributed by atoms with E-state index >= 15 is 0 Å². The van der Waals surface area contributed by atoms with Crippen LogP contribution in [0.3, 0.4) is 0 Å². The fourth-order valence-corrected chi connectivity index (χ4v) is 1.75. The number of amides is 1. The molecule has 1 atom stereocenters. The van der Waals surface area contributed by atoms with Crippen molar-refractivity contribution < 1.29 is 14.3 Å². The normalized spacial score (nSPS) is 11.4. The molecule has 1 rings (SSSR count). The van der Waals surface area contributed by atoms with E-state index in [9.17, 15) is 4.79 Å². The Hall–Kier alpha value is -1.17. The first-order valence-corrected chi connectivity index (χ1v) is 6.30. The molecule has 0 saturated heterocycles. The second kappa shape index (κ2) is 8.89. The van der Waals surface area contributed by atoms with Crippen molar-refractivity contribution in [1.29, 1.82) is 0 Å². The van der Waals surface area contributed by atoms with E-state index < -0.39 is 0 Å². The Kier molecular flexibility index (Phi) is 8.37. The first-order valence-electron chi connectivity index (χ1n) is 5.92. The molecule has 1 unspecified atom stereocenters. The molecule has 5 nitrogen and oxygen atoms in total. The van der Waals surface area contributed by atoms with Crippen LogP contribution < -0.4 is 15.8 Å². The molecule has 0 radical (unpaired) electrons. The number of ether oxygens (including phenoxy) is 2. The first kappa shape index (κ1) is 18.8. The van der Waals surface area contributed by atoms with Crippen LogP contribution in [0.1, 0.15) is 23.7 Å². The molecule has 1 aromatic rings. The van der Waals surface area contributed by atoms with E-state index in [-0.39, 0.29) is 24.4 Å². The summed E-state index contributed by atoms with van der Waals surface area (Å²) in [7, 11) is 3.10. The Labute approximate surface area is 130 Å². The highest BCUT2D eigenvalue weighted by Gasteiger charge is 2.16. The van der Waals surface area contributed by atoms with Gasteiger partial charge in [-0.15, -0.1) is 12.4 Å². The number of hydrogen-bond donors (Lipinski definition) is 2. The fourth-order valence-electron chi connectivity index (χ4n) is 1.58. The van der Waals surface area contributed by atoms with E-state index in [0.29, 0.717) is 28.6 Å². The van der Waals surface area contributed by atoms with Gasteiger partial charge in [-0.05, 0) is 19.4 Å². The van der Waals surface area contributed by atoms with Crippen LogP contribution in [0.25, 0.3) is 0 Å². The molecule has 0 aliphatic rings. The van der Waals surface area contributed by atoms with Crippen molar-refractivity contribution >= 4 is 35.6 Å². The number of nitrogens with two attached hydrogens (primary N) is 1. The predicted molar refractivity (Wildman–Crippen MR) is 83.1 cm³/mol. The van der Waals surface area contributed by atoms with Gasteiger partial charge in [0, 0.05) is 25.8 Å². The smallest absolute Gasteiger partial charge is 0.255 e. The topological polar surface area (TPSA) is 73.6 Å². The summed E-state index contributed by atoms with van der Waals surface area (Å²) >= 11 is 5.93. The van der Waals surface area contributed by atoms with Crippen LogP contribution >= 0.6 is 24.0 Å². The average molecular weight is 323 g/mol. The van der Waals surface area contributed by atoms with E-state index in [0.717, 1.165) is 6.42 Å². The van der Waals surface area contributed by atoms with Crippen molar-refractivity contribution in [1.82, 2.24) is 5.32 Å². The highest BCUT2D eigenvalue weighted by molar-refractivity contribution is 6.33. The summed E-state index contributed by atoms with van der Waals surface area (Å²) in [5.41, 5.74) is 6.42. The molecule has 1 amide bonds. The van der Waals surface area contributed by atoms with E-state index in [2.05, 4.69) is 5.32 Å². The number of nitrogens with one attached hydrogen (secondary N) is 1. The van der Waals surface area contributed by atoms with Gasteiger partial charge in [-0.25, -0.2) is 0 Å². The molecule has 0 aliphatic carbocycles. The Morgan fingerprint density at radius 3 is 2.65 bits per heavy atom. The third-order valence-corrected chi connectivity index (χ3v) is 3.02. The maximum Gasteiger partial charge on any atom is 0.255 e. The van der Waals surface area contributed by atoms with Crippen LogP contribution in [0.2, 0.25) is 5.02 Å². The molecule has 0 fully saturated rings. The maximum absolute atomic E-state index is 12.1. The second-order valence-electron chi connectivity index (χ2n) is 4.23. The maximum atomic E-state index is 12.1. The molecule has 1 aromatic carbocycles. The molecule has 0 spiro atoms. The lowest BCUT2D eigenvalue weighted by molar-refractivity contribution is 0.0926. The predicted octanol–water partition coefficient (Wildman–Crippen LogP) is 2.51. The number of anilines is 1. The van der Waals surface area contributed by atoms with Crippen molar-refractivity contribution in [3.8, 4) is 5.75 Å². The Morgan fingerprint density at radius 2 is 2.10 bits per heavy atom. The highest BCUT2D eigenvalue weighted by atomic mass is 35.5. The summed E-state index contributed by atoms with van der Waals surface area (Å²) in [6, 6.07) is 3.04. The monoisotopic (exact) mass is 322 g/mol. The molecule has 0 saturated carbocycles.